The second-order valence-corrected chi connectivity index (χ2v) is 7.29. The molecule has 1 saturated heterocycles. The van der Waals surface area contributed by atoms with Crippen molar-refractivity contribution in [2.24, 2.45) is 13.0 Å². The molecule has 102 valence electrons. The number of halogens is 2. The molecule has 1 aliphatic heterocycles. The molecule has 1 unspecified atom stereocenters. The van der Waals surface area contributed by atoms with Gasteiger partial charge in [0.25, 0.3) is 10.0 Å². The molecule has 0 aliphatic carbocycles. The molecule has 0 saturated carbocycles. The van der Waals surface area contributed by atoms with E-state index in [1.807, 2.05) is 0 Å². The summed E-state index contributed by atoms with van der Waals surface area (Å²) in [6.45, 7) is 1.05. The molecule has 0 radical (unpaired) electrons. The van der Waals surface area contributed by atoms with E-state index in [0.29, 0.717) is 24.9 Å². The molecule has 0 aromatic carbocycles. The highest BCUT2D eigenvalue weighted by molar-refractivity contribution is 9.10. The van der Waals surface area contributed by atoms with Crippen molar-refractivity contribution in [1.29, 1.82) is 0 Å². The van der Waals surface area contributed by atoms with E-state index < -0.39 is 10.0 Å². The Morgan fingerprint density at radius 1 is 1.56 bits per heavy atom. The molecule has 0 bridgehead atoms. The van der Waals surface area contributed by atoms with Gasteiger partial charge in [0.2, 0.25) is 5.03 Å². The molecule has 0 amide bonds. The maximum atomic E-state index is 12.4. The van der Waals surface area contributed by atoms with Crippen LogP contribution in [0.2, 0.25) is 0 Å². The third kappa shape index (κ3) is 2.56. The molecule has 6 nitrogen and oxygen atoms in total. The maximum Gasteiger partial charge on any atom is 0.263 e. The van der Waals surface area contributed by atoms with Crippen LogP contribution in [0.1, 0.15) is 12.8 Å². The van der Waals surface area contributed by atoms with E-state index in [4.69, 9.17) is 11.6 Å². The normalized spacial score (nSPS) is 21.6. The van der Waals surface area contributed by atoms with Crippen molar-refractivity contribution in [3.05, 3.63) is 4.60 Å². The van der Waals surface area contributed by atoms with Crippen LogP contribution in [-0.2, 0) is 17.1 Å². The summed E-state index contributed by atoms with van der Waals surface area (Å²) in [6.07, 6.45) is 1.70. The summed E-state index contributed by atoms with van der Waals surface area (Å²) in [6, 6.07) is 0. The molecule has 0 N–H and O–H groups in total. The molecular weight excluding hydrogens is 344 g/mol. The van der Waals surface area contributed by atoms with Crippen LogP contribution in [0.3, 0.4) is 0 Å². The summed E-state index contributed by atoms with van der Waals surface area (Å²) in [7, 11) is -1.96. The Morgan fingerprint density at radius 2 is 2.28 bits per heavy atom. The van der Waals surface area contributed by atoms with E-state index in [1.165, 1.54) is 8.99 Å². The first-order valence-corrected chi connectivity index (χ1v) is 8.35. The van der Waals surface area contributed by atoms with Crippen LogP contribution in [0.25, 0.3) is 0 Å². The van der Waals surface area contributed by atoms with Crippen molar-refractivity contribution in [1.82, 2.24) is 19.3 Å². The lowest BCUT2D eigenvalue weighted by Gasteiger charge is -2.16. The summed E-state index contributed by atoms with van der Waals surface area (Å²) >= 11 is 8.82. The van der Waals surface area contributed by atoms with Gasteiger partial charge in [-0.15, -0.1) is 16.7 Å². The fraction of sp³-hybridized carbons (Fsp3) is 0.778. The molecule has 1 aliphatic rings. The van der Waals surface area contributed by atoms with Gasteiger partial charge in [-0.05, 0) is 34.7 Å². The van der Waals surface area contributed by atoms with Gasteiger partial charge in [0, 0.05) is 26.0 Å². The average Bonchev–Trinajstić information content (AvgIpc) is 2.87. The molecule has 1 aromatic heterocycles. The highest BCUT2D eigenvalue weighted by Gasteiger charge is 2.35. The molecular formula is C9H14BrClN4O2S. The van der Waals surface area contributed by atoms with Crippen molar-refractivity contribution in [3.63, 3.8) is 0 Å². The monoisotopic (exact) mass is 356 g/mol. The van der Waals surface area contributed by atoms with Crippen LogP contribution >= 0.6 is 27.5 Å². The lowest BCUT2D eigenvalue weighted by molar-refractivity contribution is 0.445. The molecule has 18 heavy (non-hydrogen) atoms. The number of hydrogen-bond donors (Lipinski definition) is 0. The zero-order valence-corrected chi connectivity index (χ0v) is 13.0. The zero-order chi connectivity index (χ0) is 13.3. The van der Waals surface area contributed by atoms with Crippen molar-refractivity contribution in [3.8, 4) is 0 Å². The lowest BCUT2D eigenvalue weighted by Crippen LogP contribution is -2.30. The van der Waals surface area contributed by atoms with Gasteiger partial charge in [-0.25, -0.2) is 13.1 Å². The second kappa shape index (κ2) is 5.44. The van der Waals surface area contributed by atoms with Gasteiger partial charge in [0.05, 0.1) is 0 Å². The number of nitrogens with zero attached hydrogens (tertiary/aromatic N) is 4. The summed E-state index contributed by atoms with van der Waals surface area (Å²) in [4.78, 5) is 0. The topological polar surface area (TPSA) is 68.1 Å². The Labute approximate surface area is 119 Å². The lowest BCUT2D eigenvalue weighted by atomic mass is 10.1. The first-order chi connectivity index (χ1) is 8.46. The van der Waals surface area contributed by atoms with Crippen LogP contribution in [0.15, 0.2) is 9.63 Å². The second-order valence-electron chi connectivity index (χ2n) is 4.30. The van der Waals surface area contributed by atoms with E-state index in [2.05, 4.69) is 26.2 Å². The Bertz CT molecular complexity index is 513. The van der Waals surface area contributed by atoms with Crippen molar-refractivity contribution in [2.75, 3.05) is 19.0 Å². The van der Waals surface area contributed by atoms with E-state index in [-0.39, 0.29) is 9.63 Å². The van der Waals surface area contributed by atoms with Gasteiger partial charge in [-0.3, -0.25) is 0 Å². The van der Waals surface area contributed by atoms with E-state index >= 15 is 0 Å². The van der Waals surface area contributed by atoms with Gasteiger partial charge in [0.1, 0.15) is 0 Å². The maximum absolute atomic E-state index is 12.4. The van der Waals surface area contributed by atoms with Gasteiger partial charge < -0.3 is 0 Å². The minimum atomic E-state index is -3.53. The Hall–Kier alpha value is -0.180. The molecule has 1 fully saturated rings. The SMILES string of the molecule is Cn1nnc(Br)c1S(=O)(=O)N1CCC(CCCl)C1. The molecule has 2 rings (SSSR count). The van der Waals surface area contributed by atoms with E-state index in [0.717, 1.165) is 12.8 Å². The van der Waals surface area contributed by atoms with Crippen LogP contribution in [0, 0.1) is 5.92 Å². The van der Waals surface area contributed by atoms with Crippen LogP contribution in [-0.4, -0.2) is 46.7 Å². The minimum absolute atomic E-state index is 0.106. The van der Waals surface area contributed by atoms with Gasteiger partial charge in [-0.1, -0.05) is 5.21 Å². The number of sulfonamides is 1. The highest BCUT2D eigenvalue weighted by Crippen LogP contribution is 2.28. The van der Waals surface area contributed by atoms with Crippen molar-refractivity contribution >= 4 is 37.6 Å². The van der Waals surface area contributed by atoms with E-state index in [1.54, 1.807) is 7.05 Å². The van der Waals surface area contributed by atoms with Crippen LogP contribution < -0.4 is 0 Å². The standard InChI is InChI=1S/C9H14BrClN4O2S/c1-14-9(8(10)12-13-14)18(16,17)15-5-3-7(6-15)2-4-11/h7H,2-6H2,1H3. The minimum Gasteiger partial charge on any atom is -0.235 e. The molecule has 1 aromatic rings. The van der Waals surface area contributed by atoms with Crippen LogP contribution in [0.4, 0.5) is 0 Å². The number of alkyl halides is 1. The number of rotatable bonds is 4. The Morgan fingerprint density at radius 3 is 2.83 bits per heavy atom. The summed E-state index contributed by atoms with van der Waals surface area (Å²) in [5.41, 5.74) is 0. The number of aromatic nitrogens is 3. The fourth-order valence-electron chi connectivity index (χ4n) is 2.12. The number of hydrogen-bond acceptors (Lipinski definition) is 4. The van der Waals surface area contributed by atoms with Gasteiger partial charge >= 0.3 is 0 Å². The zero-order valence-electron chi connectivity index (χ0n) is 9.88. The Kier molecular flexibility index (Phi) is 4.30. The largest absolute Gasteiger partial charge is 0.263 e. The van der Waals surface area contributed by atoms with Crippen molar-refractivity contribution in [2.45, 2.75) is 17.9 Å². The predicted molar refractivity (Wildman–Crippen MR) is 70.9 cm³/mol. The summed E-state index contributed by atoms with van der Waals surface area (Å²) < 4.78 is 27.9. The number of aryl methyl sites for hydroxylation is 1. The molecule has 0 spiro atoms. The van der Waals surface area contributed by atoms with Crippen LogP contribution in [0.5, 0.6) is 0 Å². The van der Waals surface area contributed by atoms with E-state index in [9.17, 15) is 8.42 Å². The quantitative estimate of drug-likeness (QED) is 0.760. The smallest absolute Gasteiger partial charge is 0.235 e. The summed E-state index contributed by atoms with van der Waals surface area (Å²) in [5.74, 6) is 0.910. The molecule has 9 heteroatoms. The predicted octanol–water partition coefficient (Wildman–Crippen LogP) is 1.22. The Balaban J connectivity index is 2.23. The first-order valence-electron chi connectivity index (χ1n) is 5.58. The third-order valence-electron chi connectivity index (χ3n) is 3.09. The van der Waals surface area contributed by atoms with Gasteiger partial charge in [-0.2, -0.15) is 4.31 Å². The molecule has 2 heterocycles. The van der Waals surface area contributed by atoms with Crippen molar-refractivity contribution < 1.29 is 8.42 Å². The molecule has 1 atom stereocenters. The fourth-order valence-corrected chi connectivity index (χ4v) is 5.00. The average molecular weight is 358 g/mol. The van der Waals surface area contributed by atoms with Gasteiger partial charge in [0.15, 0.2) is 4.60 Å². The third-order valence-corrected chi connectivity index (χ3v) is 6.06. The summed E-state index contributed by atoms with van der Waals surface area (Å²) in [5, 5.41) is 7.52. The highest BCUT2D eigenvalue weighted by atomic mass is 79.9. The first kappa shape index (κ1) is 14.2.